The molecule has 1 N–H and O–H groups in total. The van der Waals surface area contributed by atoms with Crippen LogP contribution in [0.3, 0.4) is 0 Å². The number of benzene rings is 2. The number of carbonyl (C=O) groups is 3. The number of hydrogen-bond acceptors (Lipinski definition) is 5. The molecule has 2 aromatic rings. The number of nitrogens with one attached hydrogen (secondary N) is 1. The van der Waals surface area contributed by atoms with Gasteiger partial charge in [0.25, 0.3) is 5.91 Å². The van der Waals surface area contributed by atoms with E-state index in [1.807, 2.05) is 19.1 Å². The average Bonchev–Trinajstić information content (AvgIpc) is 2.98. The fourth-order valence-electron chi connectivity index (χ4n) is 3.70. The van der Waals surface area contributed by atoms with Crippen LogP contribution in [-0.4, -0.2) is 61.1 Å². The van der Waals surface area contributed by atoms with E-state index >= 15 is 0 Å². The number of aryl methyl sites for hydroxylation is 1. The van der Waals surface area contributed by atoms with Crippen LogP contribution in [0.15, 0.2) is 53.4 Å². The lowest BCUT2D eigenvalue weighted by Gasteiger charge is -2.20. The Morgan fingerprint density at radius 2 is 1.70 bits per heavy atom. The van der Waals surface area contributed by atoms with Crippen molar-refractivity contribution < 1.29 is 22.8 Å². The van der Waals surface area contributed by atoms with Crippen LogP contribution in [0.2, 0.25) is 0 Å². The van der Waals surface area contributed by atoms with Crippen molar-refractivity contribution in [3.8, 4) is 0 Å². The van der Waals surface area contributed by atoms with Gasteiger partial charge in [-0.05, 0) is 44.2 Å². The van der Waals surface area contributed by atoms with Gasteiger partial charge >= 0.3 is 6.03 Å². The van der Waals surface area contributed by atoms with E-state index in [1.54, 1.807) is 39.0 Å². The number of sulfonamides is 1. The summed E-state index contributed by atoms with van der Waals surface area (Å²) in [6.45, 7) is 7.20. The molecule has 33 heavy (non-hydrogen) atoms. The molecule has 1 aliphatic rings. The topological polar surface area (TPSA) is 107 Å². The molecule has 176 valence electrons. The summed E-state index contributed by atoms with van der Waals surface area (Å²) in [5.74, 6) is -1.08. The highest BCUT2D eigenvalue weighted by Crippen LogP contribution is 2.26. The van der Waals surface area contributed by atoms with Crippen molar-refractivity contribution in [1.82, 2.24) is 9.21 Å². The van der Waals surface area contributed by atoms with E-state index in [2.05, 4.69) is 5.32 Å². The molecule has 0 bridgehead atoms. The highest BCUT2D eigenvalue weighted by atomic mass is 32.2. The quantitative estimate of drug-likeness (QED) is 0.595. The molecule has 1 fully saturated rings. The number of urea groups is 1. The Bertz CT molecular complexity index is 1160. The third-order valence-electron chi connectivity index (χ3n) is 5.52. The van der Waals surface area contributed by atoms with E-state index in [4.69, 9.17) is 0 Å². The van der Waals surface area contributed by atoms with Crippen LogP contribution in [-0.2, 0) is 19.6 Å². The Kier molecular flexibility index (Phi) is 7.19. The number of carbonyl (C=O) groups excluding carboxylic acids is 3. The number of rotatable bonds is 8. The average molecular weight is 473 g/mol. The van der Waals surface area contributed by atoms with Gasteiger partial charge in [0.2, 0.25) is 15.9 Å². The van der Waals surface area contributed by atoms with Crippen LogP contribution in [0, 0.1) is 6.92 Å². The molecule has 0 saturated carbocycles. The van der Waals surface area contributed by atoms with E-state index in [1.165, 1.54) is 27.4 Å². The number of anilines is 2. The van der Waals surface area contributed by atoms with Crippen molar-refractivity contribution in [2.75, 3.05) is 29.9 Å². The van der Waals surface area contributed by atoms with Gasteiger partial charge in [-0.1, -0.05) is 37.6 Å². The number of amides is 4. The SMILES string of the molecule is CCN(CC)S(=O)(=O)c1cccc(NC(=O)CN2C(=O)C(C)N(c3ccc(C)cc3)C2=O)c1. The molecule has 1 heterocycles. The zero-order valence-electron chi connectivity index (χ0n) is 19.1. The lowest BCUT2D eigenvalue weighted by molar-refractivity contribution is -0.130. The first kappa shape index (κ1) is 24.4. The second-order valence-electron chi connectivity index (χ2n) is 7.75. The number of nitrogens with zero attached hydrogens (tertiary/aromatic N) is 3. The molecule has 1 saturated heterocycles. The number of hydrogen-bond donors (Lipinski definition) is 1. The zero-order valence-corrected chi connectivity index (χ0v) is 19.9. The minimum Gasteiger partial charge on any atom is -0.324 e. The molecule has 0 spiro atoms. The summed E-state index contributed by atoms with van der Waals surface area (Å²) in [5, 5.41) is 2.59. The first-order valence-electron chi connectivity index (χ1n) is 10.7. The smallest absolute Gasteiger partial charge is 0.324 e. The highest BCUT2D eigenvalue weighted by Gasteiger charge is 2.44. The third-order valence-corrected chi connectivity index (χ3v) is 7.57. The summed E-state index contributed by atoms with van der Waals surface area (Å²) < 4.78 is 26.8. The molecule has 10 heteroatoms. The summed E-state index contributed by atoms with van der Waals surface area (Å²) in [4.78, 5) is 40.5. The minimum atomic E-state index is -3.69. The lowest BCUT2D eigenvalue weighted by Crippen LogP contribution is -2.39. The Hall–Kier alpha value is -3.24. The maximum absolute atomic E-state index is 12.9. The Labute approximate surface area is 194 Å². The van der Waals surface area contributed by atoms with Gasteiger partial charge in [0.15, 0.2) is 0 Å². The van der Waals surface area contributed by atoms with E-state index in [9.17, 15) is 22.8 Å². The molecule has 0 aromatic heterocycles. The van der Waals surface area contributed by atoms with E-state index in [0.717, 1.165) is 10.5 Å². The molecule has 3 rings (SSSR count). The Morgan fingerprint density at radius 1 is 1.06 bits per heavy atom. The van der Waals surface area contributed by atoms with Crippen LogP contribution < -0.4 is 10.2 Å². The second kappa shape index (κ2) is 9.72. The number of imide groups is 1. The highest BCUT2D eigenvalue weighted by molar-refractivity contribution is 7.89. The second-order valence-corrected chi connectivity index (χ2v) is 9.69. The monoisotopic (exact) mass is 472 g/mol. The fraction of sp³-hybridized carbons (Fsp3) is 0.348. The van der Waals surface area contributed by atoms with Crippen LogP contribution in [0.1, 0.15) is 26.3 Å². The maximum Gasteiger partial charge on any atom is 0.332 e. The van der Waals surface area contributed by atoms with Crippen molar-refractivity contribution in [2.24, 2.45) is 0 Å². The van der Waals surface area contributed by atoms with Gasteiger partial charge < -0.3 is 5.32 Å². The molecule has 0 aliphatic carbocycles. The summed E-state index contributed by atoms with van der Waals surface area (Å²) in [7, 11) is -3.69. The largest absolute Gasteiger partial charge is 0.332 e. The summed E-state index contributed by atoms with van der Waals surface area (Å²) in [5.41, 5.74) is 1.85. The molecular formula is C23H28N4O5S. The molecule has 0 radical (unpaired) electrons. The van der Waals surface area contributed by atoms with Crippen LogP contribution in [0.25, 0.3) is 0 Å². The molecule has 1 atom stereocenters. The van der Waals surface area contributed by atoms with Gasteiger partial charge in [0.05, 0.1) is 4.90 Å². The predicted octanol–water partition coefficient (Wildman–Crippen LogP) is 2.82. The molecular weight excluding hydrogens is 444 g/mol. The van der Waals surface area contributed by atoms with Crippen LogP contribution in [0.4, 0.5) is 16.2 Å². The lowest BCUT2D eigenvalue weighted by atomic mass is 10.2. The van der Waals surface area contributed by atoms with E-state index in [-0.39, 0.29) is 10.6 Å². The Balaban J connectivity index is 1.74. The molecule has 4 amide bonds. The fourth-order valence-corrected chi connectivity index (χ4v) is 5.21. The summed E-state index contributed by atoms with van der Waals surface area (Å²) >= 11 is 0. The van der Waals surface area contributed by atoms with Crippen molar-refractivity contribution in [3.05, 3.63) is 54.1 Å². The van der Waals surface area contributed by atoms with Gasteiger partial charge in [-0.2, -0.15) is 4.31 Å². The summed E-state index contributed by atoms with van der Waals surface area (Å²) in [6, 6.07) is 11.8. The predicted molar refractivity (Wildman–Crippen MR) is 125 cm³/mol. The molecule has 1 unspecified atom stereocenters. The first-order valence-corrected chi connectivity index (χ1v) is 12.2. The molecule has 9 nitrogen and oxygen atoms in total. The van der Waals surface area contributed by atoms with Crippen molar-refractivity contribution in [3.63, 3.8) is 0 Å². The van der Waals surface area contributed by atoms with Crippen molar-refractivity contribution in [1.29, 1.82) is 0 Å². The maximum atomic E-state index is 12.9. The standard InChI is InChI=1S/C23H28N4O5S/c1-5-25(6-2)33(31,32)20-9-7-8-18(14-20)24-21(28)15-26-22(29)17(4)27(23(26)30)19-12-10-16(3)11-13-19/h7-14,17H,5-6,15H2,1-4H3,(H,24,28). The van der Waals surface area contributed by atoms with Gasteiger partial charge in [0.1, 0.15) is 12.6 Å². The van der Waals surface area contributed by atoms with E-state index in [0.29, 0.717) is 18.8 Å². The Morgan fingerprint density at radius 3 is 2.30 bits per heavy atom. The molecule has 1 aliphatic heterocycles. The zero-order chi connectivity index (χ0) is 24.3. The first-order chi connectivity index (χ1) is 15.6. The normalized spacial score (nSPS) is 16.6. The van der Waals surface area contributed by atoms with Crippen LogP contribution >= 0.6 is 0 Å². The van der Waals surface area contributed by atoms with Crippen molar-refractivity contribution in [2.45, 2.75) is 38.6 Å². The van der Waals surface area contributed by atoms with Gasteiger partial charge in [0, 0.05) is 24.5 Å². The van der Waals surface area contributed by atoms with E-state index < -0.39 is 40.5 Å². The van der Waals surface area contributed by atoms with Gasteiger partial charge in [-0.3, -0.25) is 19.4 Å². The molecule has 2 aromatic carbocycles. The third kappa shape index (κ3) is 4.91. The minimum absolute atomic E-state index is 0.0523. The van der Waals surface area contributed by atoms with Gasteiger partial charge in [-0.25, -0.2) is 13.2 Å². The summed E-state index contributed by atoms with van der Waals surface area (Å²) in [6.07, 6.45) is 0. The van der Waals surface area contributed by atoms with Gasteiger partial charge in [-0.15, -0.1) is 0 Å². The van der Waals surface area contributed by atoms with Crippen LogP contribution in [0.5, 0.6) is 0 Å². The van der Waals surface area contributed by atoms with Crippen molar-refractivity contribution >= 4 is 39.2 Å².